The molecular weight excluding hydrogens is 176 g/mol. The third kappa shape index (κ3) is 2.23. The maximum absolute atomic E-state index is 5.37. The van der Waals surface area contributed by atoms with Gasteiger partial charge in [-0.2, -0.15) is 0 Å². The van der Waals surface area contributed by atoms with Crippen LogP contribution in [0.2, 0.25) is 0 Å². The average Bonchev–Trinajstić information content (AvgIpc) is 2.27. The van der Waals surface area contributed by atoms with E-state index in [9.17, 15) is 0 Å². The van der Waals surface area contributed by atoms with E-state index in [1.54, 1.807) is 7.05 Å². The van der Waals surface area contributed by atoms with Crippen LogP contribution in [0.25, 0.3) is 0 Å². The fourth-order valence-electron chi connectivity index (χ4n) is 1.33. The third-order valence-corrected chi connectivity index (χ3v) is 1.98. The fraction of sp³-hybridized carbons (Fsp3) is 0.300. The molecule has 0 radical (unpaired) electrons. The van der Waals surface area contributed by atoms with Crippen LogP contribution in [0, 0.1) is 0 Å². The monoisotopic (exact) mass is 192 g/mol. The number of para-hydroxylation sites is 1. The summed E-state index contributed by atoms with van der Waals surface area (Å²) in [5.41, 5.74) is 3.65. The van der Waals surface area contributed by atoms with Gasteiger partial charge in [-0.15, -0.1) is 0 Å². The molecule has 76 valence electrons. The highest BCUT2D eigenvalue weighted by Crippen LogP contribution is 2.12. The van der Waals surface area contributed by atoms with Crippen LogP contribution < -0.4 is 16.2 Å². The molecule has 3 N–H and O–H groups in total. The topological polar surface area (TPSA) is 53.6 Å². The van der Waals surface area contributed by atoms with Crippen molar-refractivity contribution in [3.63, 3.8) is 0 Å². The number of rotatable bonds is 2. The molecule has 0 spiro atoms. The number of hydrazine groups is 1. The maximum Gasteiger partial charge on any atom is 0.212 e. The zero-order valence-corrected chi connectivity index (χ0v) is 8.57. The Morgan fingerprint density at radius 1 is 1.43 bits per heavy atom. The second-order valence-electron chi connectivity index (χ2n) is 2.77. The van der Waals surface area contributed by atoms with Gasteiger partial charge in [0.2, 0.25) is 5.96 Å². The summed E-state index contributed by atoms with van der Waals surface area (Å²) >= 11 is 0. The van der Waals surface area contributed by atoms with Crippen molar-refractivity contribution in [2.75, 3.05) is 18.5 Å². The first-order valence-electron chi connectivity index (χ1n) is 4.59. The minimum Gasteiger partial charge on any atom is -0.312 e. The number of hydrogen-bond donors (Lipinski definition) is 2. The normalized spacial score (nSPS) is 11.2. The second-order valence-corrected chi connectivity index (χ2v) is 2.77. The van der Waals surface area contributed by atoms with Crippen molar-refractivity contribution in [3.05, 3.63) is 30.3 Å². The van der Waals surface area contributed by atoms with Gasteiger partial charge in [-0.3, -0.25) is 10.4 Å². The van der Waals surface area contributed by atoms with Gasteiger partial charge in [0, 0.05) is 19.3 Å². The van der Waals surface area contributed by atoms with E-state index in [0.717, 1.165) is 12.2 Å². The molecule has 0 bridgehead atoms. The van der Waals surface area contributed by atoms with Crippen LogP contribution in [0.15, 0.2) is 35.3 Å². The number of nitrogens with zero attached hydrogens (tertiary/aromatic N) is 2. The van der Waals surface area contributed by atoms with E-state index in [2.05, 4.69) is 17.3 Å². The van der Waals surface area contributed by atoms with Gasteiger partial charge in [-0.05, 0) is 19.1 Å². The molecule has 4 nitrogen and oxygen atoms in total. The summed E-state index contributed by atoms with van der Waals surface area (Å²) in [4.78, 5) is 6.06. The molecule has 0 amide bonds. The van der Waals surface area contributed by atoms with Crippen LogP contribution in [-0.2, 0) is 0 Å². The molecule has 0 saturated heterocycles. The van der Waals surface area contributed by atoms with Gasteiger partial charge in [0.15, 0.2) is 0 Å². The number of aliphatic imine (C=N–C) groups is 1. The molecule has 0 aromatic heterocycles. The number of anilines is 1. The van der Waals surface area contributed by atoms with Crippen LogP contribution in [0.3, 0.4) is 0 Å². The van der Waals surface area contributed by atoms with E-state index in [1.165, 1.54) is 0 Å². The standard InChI is InChI=1S/C10H16N4/c1-3-14(10(12-2)13-11)9-7-5-4-6-8-9/h4-8H,3,11H2,1-2H3,(H,12,13). The smallest absolute Gasteiger partial charge is 0.212 e. The Morgan fingerprint density at radius 3 is 2.50 bits per heavy atom. The van der Waals surface area contributed by atoms with E-state index in [4.69, 9.17) is 5.84 Å². The van der Waals surface area contributed by atoms with Gasteiger partial charge >= 0.3 is 0 Å². The van der Waals surface area contributed by atoms with E-state index >= 15 is 0 Å². The summed E-state index contributed by atoms with van der Waals surface area (Å²) in [6, 6.07) is 10.00. The Morgan fingerprint density at radius 2 is 2.07 bits per heavy atom. The molecular formula is C10H16N4. The summed E-state index contributed by atoms with van der Waals surface area (Å²) < 4.78 is 0. The Bertz CT molecular complexity index is 294. The minimum atomic E-state index is 0.665. The van der Waals surface area contributed by atoms with Crippen molar-refractivity contribution < 1.29 is 0 Å². The number of hydrogen-bond acceptors (Lipinski definition) is 2. The largest absolute Gasteiger partial charge is 0.312 e. The number of benzene rings is 1. The van der Waals surface area contributed by atoms with Gasteiger partial charge in [0.05, 0.1) is 0 Å². The van der Waals surface area contributed by atoms with Crippen molar-refractivity contribution >= 4 is 11.6 Å². The third-order valence-electron chi connectivity index (χ3n) is 1.98. The Labute approximate surface area is 84.4 Å². The van der Waals surface area contributed by atoms with Crippen LogP contribution in [0.1, 0.15) is 6.92 Å². The van der Waals surface area contributed by atoms with Crippen molar-refractivity contribution in [1.82, 2.24) is 5.43 Å². The second kappa shape index (κ2) is 5.24. The van der Waals surface area contributed by atoms with Gasteiger partial charge < -0.3 is 4.90 Å². The Kier molecular flexibility index (Phi) is 3.94. The van der Waals surface area contributed by atoms with Gasteiger partial charge in [-0.1, -0.05) is 18.2 Å². The average molecular weight is 192 g/mol. The van der Waals surface area contributed by atoms with Crippen LogP contribution >= 0.6 is 0 Å². The summed E-state index contributed by atoms with van der Waals surface area (Å²) in [7, 11) is 1.71. The number of guanidine groups is 1. The lowest BCUT2D eigenvalue weighted by atomic mass is 10.3. The molecule has 14 heavy (non-hydrogen) atoms. The Hall–Kier alpha value is -1.55. The zero-order chi connectivity index (χ0) is 10.4. The lowest BCUT2D eigenvalue weighted by Crippen LogP contribution is -2.44. The highest BCUT2D eigenvalue weighted by molar-refractivity contribution is 5.95. The molecule has 0 aliphatic heterocycles. The zero-order valence-electron chi connectivity index (χ0n) is 8.57. The predicted octanol–water partition coefficient (Wildman–Crippen LogP) is 0.962. The first kappa shape index (κ1) is 10.5. The molecule has 1 aromatic rings. The molecule has 0 fully saturated rings. The van der Waals surface area contributed by atoms with Gasteiger partial charge in [0.1, 0.15) is 0 Å². The molecule has 0 aliphatic carbocycles. The summed E-state index contributed by atoms with van der Waals surface area (Å²) in [5.74, 6) is 6.04. The molecule has 0 aliphatic rings. The Balaban J connectivity index is 2.93. The quantitative estimate of drug-likeness (QED) is 0.317. The molecule has 0 saturated carbocycles. The van der Waals surface area contributed by atoms with E-state index in [-0.39, 0.29) is 0 Å². The molecule has 1 rings (SSSR count). The van der Waals surface area contributed by atoms with Crippen molar-refractivity contribution in [3.8, 4) is 0 Å². The van der Waals surface area contributed by atoms with E-state index in [0.29, 0.717) is 5.96 Å². The van der Waals surface area contributed by atoms with Gasteiger partial charge in [-0.25, -0.2) is 5.84 Å². The first-order chi connectivity index (χ1) is 6.83. The molecule has 0 atom stereocenters. The molecule has 0 heterocycles. The summed E-state index contributed by atoms with van der Waals surface area (Å²) in [5, 5.41) is 0. The maximum atomic E-state index is 5.37. The SMILES string of the molecule is CCN(C(=NC)NN)c1ccccc1. The summed E-state index contributed by atoms with van der Waals surface area (Å²) in [6.45, 7) is 2.87. The molecule has 0 unspecified atom stereocenters. The number of nitrogens with two attached hydrogens (primary N) is 1. The highest BCUT2D eigenvalue weighted by atomic mass is 15.4. The first-order valence-corrected chi connectivity index (χ1v) is 4.59. The minimum absolute atomic E-state index is 0.665. The predicted molar refractivity (Wildman–Crippen MR) is 60.1 cm³/mol. The lowest BCUT2D eigenvalue weighted by molar-refractivity contribution is 0.929. The van der Waals surface area contributed by atoms with Crippen molar-refractivity contribution in [2.24, 2.45) is 10.8 Å². The summed E-state index contributed by atoms with van der Waals surface area (Å²) in [6.07, 6.45) is 0. The van der Waals surface area contributed by atoms with Crippen LogP contribution in [0.4, 0.5) is 5.69 Å². The number of nitrogens with one attached hydrogen (secondary N) is 1. The van der Waals surface area contributed by atoms with Crippen molar-refractivity contribution in [1.29, 1.82) is 0 Å². The lowest BCUT2D eigenvalue weighted by Gasteiger charge is -2.23. The van der Waals surface area contributed by atoms with E-state index in [1.807, 2.05) is 35.2 Å². The van der Waals surface area contributed by atoms with Gasteiger partial charge in [0.25, 0.3) is 0 Å². The van der Waals surface area contributed by atoms with E-state index < -0.39 is 0 Å². The molecule has 1 aromatic carbocycles. The highest BCUT2D eigenvalue weighted by Gasteiger charge is 2.08. The fourth-order valence-corrected chi connectivity index (χ4v) is 1.33. The van der Waals surface area contributed by atoms with Crippen LogP contribution in [-0.4, -0.2) is 19.6 Å². The molecule has 4 heteroatoms. The van der Waals surface area contributed by atoms with Crippen molar-refractivity contribution in [2.45, 2.75) is 6.92 Å². The van der Waals surface area contributed by atoms with Crippen LogP contribution in [0.5, 0.6) is 0 Å².